The van der Waals surface area contributed by atoms with E-state index in [1.54, 1.807) is 0 Å². The zero-order valence-corrected chi connectivity index (χ0v) is 10.4. The third-order valence-electron chi connectivity index (χ3n) is 2.18. The predicted octanol–water partition coefficient (Wildman–Crippen LogP) is 2.85. The van der Waals surface area contributed by atoms with Crippen molar-refractivity contribution in [3.63, 3.8) is 0 Å². The van der Waals surface area contributed by atoms with E-state index in [1.165, 1.54) is 5.56 Å². The molecule has 3 heteroatoms. The van der Waals surface area contributed by atoms with Crippen molar-refractivity contribution in [2.24, 2.45) is 0 Å². The zero-order valence-electron chi connectivity index (χ0n) is 9.67. The van der Waals surface area contributed by atoms with Crippen LogP contribution in [0.1, 0.15) is 18.9 Å². The summed E-state index contributed by atoms with van der Waals surface area (Å²) >= 11 is 5.79. The quantitative estimate of drug-likeness (QED) is 0.434. The van der Waals surface area contributed by atoms with Crippen LogP contribution in [0.4, 0.5) is 0 Å². The predicted molar refractivity (Wildman–Crippen MR) is 70.4 cm³/mol. The molecule has 2 N–H and O–H groups in total. The van der Waals surface area contributed by atoms with Crippen molar-refractivity contribution < 1.29 is 0 Å². The molecule has 0 radical (unpaired) electrons. The second-order valence-electron chi connectivity index (χ2n) is 3.78. The third kappa shape index (κ3) is 5.79. The highest BCUT2D eigenvalue weighted by atomic mass is 35.5. The maximum atomic E-state index is 5.79. The van der Waals surface area contributed by atoms with Crippen LogP contribution < -0.4 is 10.6 Å². The molecule has 0 bridgehead atoms. The van der Waals surface area contributed by atoms with Crippen LogP contribution in [0.5, 0.6) is 0 Å². The summed E-state index contributed by atoms with van der Waals surface area (Å²) in [4.78, 5) is 0. The van der Waals surface area contributed by atoms with E-state index in [-0.39, 0.29) is 5.50 Å². The van der Waals surface area contributed by atoms with Crippen molar-refractivity contribution in [2.45, 2.75) is 25.4 Å². The Kier molecular flexibility index (Phi) is 5.98. The Bertz CT molecular complexity index is 309. The van der Waals surface area contributed by atoms with Crippen LogP contribution in [0.25, 0.3) is 0 Å². The maximum Gasteiger partial charge on any atom is 0.0981 e. The van der Waals surface area contributed by atoms with Crippen molar-refractivity contribution in [1.82, 2.24) is 10.6 Å². The topological polar surface area (TPSA) is 24.1 Å². The Hall–Kier alpha value is -0.990. The number of alkyl halides is 1. The van der Waals surface area contributed by atoms with Gasteiger partial charge >= 0.3 is 0 Å². The first-order valence-corrected chi connectivity index (χ1v) is 5.95. The molecular weight excluding hydrogens is 220 g/mol. The average molecular weight is 239 g/mol. The standard InChI is InChI=1S/C13H19ClN2/c1-11(16-12(2)14)8-9-15-10-13-6-4-3-5-7-13/h3-7,12,15-16H,1,8-10H2,2H3. The third-order valence-corrected chi connectivity index (χ3v) is 2.29. The molecule has 0 aliphatic carbocycles. The molecule has 1 rings (SSSR count). The van der Waals surface area contributed by atoms with Gasteiger partial charge in [0.1, 0.15) is 0 Å². The zero-order chi connectivity index (χ0) is 11.8. The molecule has 0 aliphatic rings. The lowest BCUT2D eigenvalue weighted by Crippen LogP contribution is -2.23. The van der Waals surface area contributed by atoms with Gasteiger partial charge in [0.25, 0.3) is 0 Å². The van der Waals surface area contributed by atoms with E-state index in [1.807, 2.05) is 25.1 Å². The molecule has 1 aromatic carbocycles. The molecule has 1 atom stereocenters. The first-order valence-electron chi connectivity index (χ1n) is 5.51. The van der Waals surface area contributed by atoms with Crippen molar-refractivity contribution in [2.75, 3.05) is 6.54 Å². The molecule has 0 aliphatic heterocycles. The van der Waals surface area contributed by atoms with E-state index in [0.717, 1.165) is 25.2 Å². The number of hydrogen-bond donors (Lipinski definition) is 2. The lowest BCUT2D eigenvalue weighted by Gasteiger charge is -2.11. The van der Waals surface area contributed by atoms with Gasteiger partial charge in [-0.25, -0.2) is 0 Å². The van der Waals surface area contributed by atoms with Gasteiger partial charge in [-0.3, -0.25) is 0 Å². The van der Waals surface area contributed by atoms with Crippen LogP contribution in [0.15, 0.2) is 42.6 Å². The minimum atomic E-state index is -0.0541. The van der Waals surface area contributed by atoms with Crippen molar-refractivity contribution in [3.8, 4) is 0 Å². The first-order chi connectivity index (χ1) is 7.68. The summed E-state index contributed by atoms with van der Waals surface area (Å²) < 4.78 is 0. The van der Waals surface area contributed by atoms with Gasteiger partial charge in [-0.2, -0.15) is 0 Å². The van der Waals surface area contributed by atoms with Gasteiger partial charge in [0.05, 0.1) is 5.50 Å². The lowest BCUT2D eigenvalue weighted by molar-refractivity contribution is 0.650. The van der Waals surface area contributed by atoms with Crippen molar-refractivity contribution in [3.05, 3.63) is 48.2 Å². The van der Waals surface area contributed by atoms with Gasteiger partial charge in [-0.1, -0.05) is 48.5 Å². The van der Waals surface area contributed by atoms with Crippen LogP contribution in [0.2, 0.25) is 0 Å². The summed E-state index contributed by atoms with van der Waals surface area (Å²) in [6.07, 6.45) is 0.893. The summed E-state index contributed by atoms with van der Waals surface area (Å²) in [5.41, 5.74) is 2.22. The van der Waals surface area contributed by atoms with Crippen LogP contribution in [0, 0.1) is 0 Å². The molecule has 16 heavy (non-hydrogen) atoms. The molecule has 0 heterocycles. The van der Waals surface area contributed by atoms with Gasteiger partial charge in [0.2, 0.25) is 0 Å². The smallest absolute Gasteiger partial charge is 0.0981 e. The molecule has 1 aromatic rings. The van der Waals surface area contributed by atoms with Gasteiger partial charge < -0.3 is 10.6 Å². The summed E-state index contributed by atoms with van der Waals surface area (Å²) in [5, 5.41) is 6.43. The van der Waals surface area contributed by atoms with E-state index in [2.05, 4.69) is 29.3 Å². The molecule has 2 nitrogen and oxygen atoms in total. The summed E-state index contributed by atoms with van der Waals surface area (Å²) in [6.45, 7) is 7.60. The average Bonchev–Trinajstić information content (AvgIpc) is 2.25. The van der Waals surface area contributed by atoms with Crippen molar-refractivity contribution in [1.29, 1.82) is 0 Å². The Morgan fingerprint density at radius 1 is 1.38 bits per heavy atom. The Labute approximate surface area is 103 Å². The highest BCUT2D eigenvalue weighted by molar-refractivity contribution is 6.20. The monoisotopic (exact) mass is 238 g/mol. The van der Waals surface area contributed by atoms with Gasteiger partial charge in [0, 0.05) is 18.8 Å². The number of hydrogen-bond acceptors (Lipinski definition) is 2. The Morgan fingerprint density at radius 2 is 2.06 bits per heavy atom. The molecule has 0 aromatic heterocycles. The molecule has 0 spiro atoms. The van der Waals surface area contributed by atoms with Crippen LogP contribution in [-0.4, -0.2) is 12.0 Å². The Morgan fingerprint density at radius 3 is 2.69 bits per heavy atom. The SMILES string of the molecule is C=C(CCNCc1ccccc1)NC(C)Cl. The largest absolute Gasteiger partial charge is 0.373 e. The maximum absolute atomic E-state index is 5.79. The van der Waals surface area contributed by atoms with Crippen LogP contribution in [0.3, 0.4) is 0 Å². The Balaban J connectivity index is 2.10. The highest BCUT2D eigenvalue weighted by Gasteiger charge is 1.97. The van der Waals surface area contributed by atoms with E-state index in [9.17, 15) is 0 Å². The van der Waals surface area contributed by atoms with Crippen molar-refractivity contribution >= 4 is 11.6 Å². The minimum absolute atomic E-state index is 0.0541. The molecule has 0 amide bonds. The summed E-state index contributed by atoms with van der Waals surface area (Å²) in [6, 6.07) is 10.3. The number of benzene rings is 1. The number of halogens is 1. The van der Waals surface area contributed by atoms with E-state index < -0.39 is 0 Å². The van der Waals surface area contributed by atoms with E-state index in [4.69, 9.17) is 11.6 Å². The van der Waals surface area contributed by atoms with E-state index in [0.29, 0.717) is 0 Å². The van der Waals surface area contributed by atoms with E-state index >= 15 is 0 Å². The minimum Gasteiger partial charge on any atom is -0.373 e. The van der Waals surface area contributed by atoms with Gasteiger partial charge in [-0.05, 0) is 18.9 Å². The van der Waals surface area contributed by atoms with Gasteiger partial charge in [-0.15, -0.1) is 0 Å². The highest BCUT2D eigenvalue weighted by Crippen LogP contribution is 1.99. The van der Waals surface area contributed by atoms with Crippen LogP contribution in [-0.2, 0) is 6.54 Å². The lowest BCUT2D eigenvalue weighted by atomic mass is 10.2. The van der Waals surface area contributed by atoms with Gasteiger partial charge in [0.15, 0.2) is 0 Å². The normalized spacial score (nSPS) is 12.1. The number of rotatable bonds is 7. The molecule has 88 valence electrons. The summed E-state index contributed by atoms with van der Waals surface area (Å²) in [5.74, 6) is 0. The summed E-state index contributed by atoms with van der Waals surface area (Å²) in [7, 11) is 0. The molecular formula is C13H19ClN2. The molecule has 0 saturated carbocycles. The number of nitrogens with one attached hydrogen (secondary N) is 2. The second kappa shape index (κ2) is 7.31. The first kappa shape index (κ1) is 13.1. The fourth-order valence-electron chi connectivity index (χ4n) is 1.42. The fraction of sp³-hybridized carbons (Fsp3) is 0.385. The fourth-order valence-corrected chi connectivity index (χ4v) is 1.58. The second-order valence-corrected chi connectivity index (χ2v) is 4.43. The molecule has 0 saturated heterocycles. The molecule has 1 unspecified atom stereocenters. The van der Waals surface area contributed by atoms with Crippen LogP contribution >= 0.6 is 11.6 Å². The molecule has 0 fully saturated rings.